The van der Waals surface area contributed by atoms with E-state index in [1.807, 2.05) is 13.0 Å². The quantitative estimate of drug-likeness (QED) is 0.758. The molecule has 0 aliphatic rings. The fraction of sp³-hybridized carbons (Fsp3) is 0.250. The van der Waals surface area contributed by atoms with Crippen LogP contribution in [0.15, 0.2) is 53.5 Å². The first-order valence-electron chi connectivity index (χ1n) is 6.62. The molecule has 0 radical (unpaired) electrons. The molecule has 0 aliphatic heterocycles. The molecule has 1 heterocycles. The van der Waals surface area contributed by atoms with Gasteiger partial charge in [-0.1, -0.05) is 13.0 Å². The number of hydrogen-bond donors (Lipinski definition) is 0. The van der Waals surface area contributed by atoms with Gasteiger partial charge in [0.05, 0.1) is 6.54 Å². The molecule has 0 fully saturated rings. The van der Waals surface area contributed by atoms with E-state index in [4.69, 9.17) is 4.74 Å². The second-order valence-corrected chi connectivity index (χ2v) is 4.38. The Morgan fingerprint density at radius 3 is 2.55 bits per heavy atom. The zero-order valence-corrected chi connectivity index (χ0v) is 11.4. The summed E-state index contributed by atoms with van der Waals surface area (Å²) in [6.45, 7) is 2.74. The highest BCUT2D eigenvalue weighted by Gasteiger charge is 2.02. The van der Waals surface area contributed by atoms with Gasteiger partial charge in [-0.15, -0.1) is 0 Å². The normalized spacial score (nSPS) is 10.2. The predicted molar refractivity (Wildman–Crippen MR) is 77.3 cm³/mol. The van der Waals surface area contributed by atoms with Crippen molar-refractivity contribution in [1.29, 1.82) is 0 Å². The van der Waals surface area contributed by atoms with Gasteiger partial charge >= 0.3 is 0 Å². The Morgan fingerprint density at radius 1 is 1.15 bits per heavy atom. The number of carbonyl (C=O) groups is 1. The number of benzene rings is 1. The minimum atomic E-state index is -0.0417. The van der Waals surface area contributed by atoms with Crippen molar-refractivity contribution < 1.29 is 9.53 Å². The first kappa shape index (κ1) is 14.1. The summed E-state index contributed by atoms with van der Waals surface area (Å²) in [6.07, 6.45) is 2.23. The van der Waals surface area contributed by atoms with Crippen molar-refractivity contribution in [3.8, 4) is 5.75 Å². The Bertz CT molecular complexity index is 629. The van der Waals surface area contributed by atoms with Crippen molar-refractivity contribution in [3.63, 3.8) is 0 Å². The molecule has 1 aromatic heterocycles. The summed E-state index contributed by atoms with van der Waals surface area (Å²) < 4.78 is 7.15. The van der Waals surface area contributed by atoms with Crippen LogP contribution in [-0.2, 0) is 6.54 Å². The van der Waals surface area contributed by atoms with Gasteiger partial charge in [0.1, 0.15) is 12.4 Å². The zero-order chi connectivity index (χ0) is 14.4. The van der Waals surface area contributed by atoms with E-state index in [2.05, 4.69) is 0 Å². The number of pyridine rings is 1. The van der Waals surface area contributed by atoms with E-state index in [0.29, 0.717) is 30.9 Å². The van der Waals surface area contributed by atoms with Gasteiger partial charge < -0.3 is 9.30 Å². The van der Waals surface area contributed by atoms with Gasteiger partial charge in [0.2, 0.25) is 0 Å². The summed E-state index contributed by atoms with van der Waals surface area (Å²) in [7, 11) is 0. The minimum Gasteiger partial charge on any atom is -0.492 e. The number of ether oxygens (including phenoxy) is 1. The van der Waals surface area contributed by atoms with E-state index in [-0.39, 0.29) is 11.3 Å². The lowest BCUT2D eigenvalue weighted by atomic mass is 10.1. The van der Waals surface area contributed by atoms with Gasteiger partial charge in [-0.2, -0.15) is 0 Å². The molecule has 0 unspecified atom stereocenters. The molecule has 0 saturated heterocycles. The van der Waals surface area contributed by atoms with Gasteiger partial charge in [-0.05, 0) is 30.3 Å². The number of nitrogens with zero attached hydrogens (tertiary/aromatic N) is 1. The van der Waals surface area contributed by atoms with Crippen LogP contribution in [0.4, 0.5) is 0 Å². The average molecular weight is 271 g/mol. The number of carbonyl (C=O) groups excluding carboxylic acids is 1. The fourth-order valence-corrected chi connectivity index (χ4v) is 1.85. The molecule has 1 aromatic carbocycles. The van der Waals surface area contributed by atoms with Crippen LogP contribution in [-0.4, -0.2) is 17.0 Å². The Morgan fingerprint density at radius 2 is 1.90 bits per heavy atom. The maximum Gasteiger partial charge on any atom is 0.250 e. The SMILES string of the molecule is CCC(=O)c1ccc(OCCn2ccccc2=O)cc1. The summed E-state index contributed by atoms with van der Waals surface area (Å²) in [5, 5.41) is 0. The fourth-order valence-electron chi connectivity index (χ4n) is 1.85. The van der Waals surface area contributed by atoms with Crippen molar-refractivity contribution in [2.24, 2.45) is 0 Å². The highest BCUT2D eigenvalue weighted by atomic mass is 16.5. The second kappa shape index (κ2) is 6.70. The predicted octanol–water partition coefficient (Wildman–Crippen LogP) is 2.52. The van der Waals surface area contributed by atoms with Gasteiger partial charge in [-0.25, -0.2) is 0 Å². The van der Waals surface area contributed by atoms with Gasteiger partial charge in [-0.3, -0.25) is 9.59 Å². The number of rotatable bonds is 6. The second-order valence-electron chi connectivity index (χ2n) is 4.38. The lowest BCUT2D eigenvalue weighted by molar-refractivity contribution is 0.0988. The van der Waals surface area contributed by atoms with Crippen molar-refractivity contribution >= 4 is 5.78 Å². The Labute approximate surface area is 117 Å². The third-order valence-electron chi connectivity index (χ3n) is 3.00. The Hall–Kier alpha value is -2.36. The van der Waals surface area contributed by atoms with Crippen molar-refractivity contribution in [2.45, 2.75) is 19.9 Å². The summed E-state index contributed by atoms with van der Waals surface area (Å²) >= 11 is 0. The van der Waals surface area contributed by atoms with Crippen LogP contribution >= 0.6 is 0 Å². The van der Waals surface area contributed by atoms with Crippen LogP contribution < -0.4 is 10.3 Å². The summed E-state index contributed by atoms with van der Waals surface area (Å²) in [5.41, 5.74) is 0.652. The van der Waals surface area contributed by atoms with Gasteiger partial charge in [0, 0.05) is 24.2 Å². The monoisotopic (exact) mass is 271 g/mol. The van der Waals surface area contributed by atoms with E-state index in [0.717, 1.165) is 0 Å². The molecule has 2 aromatic rings. The van der Waals surface area contributed by atoms with Crippen molar-refractivity contribution in [2.75, 3.05) is 6.61 Å². The van der Waals surface area contributed by atoms with E-state index in [9.17, 15) is 9.59 Å². The van der Waals surface area contributed by atoms with E-state index in [1.54, 1.807) is 41.1 Å². The van der Waals surface area contributed by atoms with Crippen LogP contribution in [0.5, 0.6) is 5.75 Å². The molecule has 104 valence electrons. The van der Waals surface area contributed by atoms with Crippen molar-refractivity contribution in [3.05, 3.63) is 64.6 Å². The lowest BCUT2D eigenvalue weighted by Crippen LogP contribution is -2.21. The third-order valence-corrected chi connectivity index (χ3v) is 3.00. The number of ketones is 1. The van der Waals surface area contributed by atoms with Crippen LogP contribution in [0, 0.1) is 0 Å². The molecular weight excluding hydrogens is 254 g/mol. The minimum absolute atomic E-state index is 0.0417. The van der Waals surface area contributed by atoms with Crippen LogP contribution in [0.25, 0.3) is 0 Å². The van der Waals surface area contributed by atoms with Crippen LogP contribution in [0.3, 0.4) is 0 Å². The van der Waals surface area contributed by atoms with E-state index in [1.165, 1.54) is 6.07 Å². The van der Waals surface area contributed by atoms with Crippen molar-refractivity contribution in [1.82, 2.24) is 4.57 Å². The summed E-state index contributed by atoms with van der Waals surface area (Å²) in [4.78, 5) is 23.0. The van der Waals surface area contributed by atoms with Crippen LogP contribution in [0.2, 0.25) is 0 Å². The molecular formula is C16H17NO3. The molecule has 4 nitrogen and oxygen atoms in total. The maximum absolute atomic E-state index is 11.5. The molecule has 0 N–H and O–H groups in total. The molecule has 0 saturated carbocycles. The molecule has 20 heavy (non-hydrogen) atoms. The van der Waals surface area contributed by atoms with Crippen LogP contribution in [0.1, 0.15) is 23.7 Å². The molecule has 0 amide bonds. The number of aromatic nitrogens is 1. The Balaban J connectivity index is 1.90. The maximum atomic E-state index is 11.5. The van der Waals surface area contributed by atoms with Gasteiger partial charge in [0.25, 0.3) is 5.56 Å². The van der Waals surface area contributed by atoms with E-state index < -0.39 is 0 Å². The smallest absolute Gasteiger partial charge is 0.250 e. The average Bonchev–Trinajstić information content (AvgIpc) is 2.49. The largest absolute Gasteiger partial charge is 0.492 e. The number of hydrogen-bond acceptors (Lipinski definition) is 3. The molecule has 0 aliphatic carbocycles. The lowest BCUT2D eigenvalue weighted by Gasteiger charge is -2.08. The highest BCUT2D eigenvalue weighted by molar-refractivity contribution is 5.95. The molecule has 2 rings (SSSR count). The zero-order valence-electron chi connectivity index (χ0n) is 11.4. The molecule has 4 heteroatoms. The highest BCUT2D eigenvalue weighted by Crippen LogP contribution is 2.13. The number of Topliss-reactive ketones (excluding diaryl/α,β-unsaturated/α-hetero) is 1. The summed E-state index contributed by atoms with van der Waals surface area (Å²) in [5.74, 6) is 0.814. The first-order chi connectivity index (χ1) is 9.70. The van der Waals surface area contributed by atoms with E-state index >= 15 is 0 Å². The summed E-state index contributed by atoms with van der Waals surface area (Å²) in [6, 6.07) is 12.1. The molecule has 0 atom stereocenters. The molecule has 0 bridgehead atoms. The topological polar surface area (TPSA) is 48.3 Å². The molecule has 0 spiro atoms. The standard InChI is InChI=1S/C16H17NO3/c1-2-15(18)13-6-8-14(9-7-13)20-12-11-17-10-4-3-5-16(17)19/h3-10H,2,11-12H2,1H3. The first-order valence-corrected chi connectivity index (χ1v) is 6.62. The van der Waals surface area contributed by atoms with Gasteiger partial charge in [0.15, 0.2) is 5.78 Å². The third kappa shape index (κ3) is 3.57. The Kier molecular flexibility index (Phi) is 4.71.